The lowest BCUT2D eigenvalue weighted by Gasteiger charge is -2.32. The van der Waals surface area contributed by atoms with E-state index in [1.807, 2.05) is 93.6 Å². The summed E-state index contributed by atoms with van der Waals surface area (Å²) in [6.07, 6.45) is 8.02. The van der Waals surface area contributed by atoms with Crippen molar-refractivity contribution >= 4 is 46.4 Å². The first-order valence-corrected chi connectivity index (χ1v) is 21.6. The van der Waals surface area contributed by atoms with Gasteiger partial charge in [0.1, 0.15) is 23.9 Å². The summed E-state index contributed by atoms with van der Waals surface area (Å²) in [5.74, 6) is -4.09. The van der Waals surface area contributed by atoms with Gasteiger partial charge in [-0.3, -0.25) is 33.8 Å². The molecular formula is C47H61F3N6O8. The first-order valence-electron chi connectivity index (χ1n) is 21.6. The van der Waals surface area contributed by atoms with Crippen molar-refractivity contribution in [2.75, 3.05) is 21.2 Å². The molecule has 1 aliphatic carbocycles. The SMILES string of the molecule is COC1=CC(=O)N(C(=O)/C=C/[C@H](C)NC(=O)[C@H](CCc2ccccc2)NC(=O)[C@H](CC2CCCCC2)NC(=O)[C@H](C(C)C)N(C)C)[C@H]1Cc1c[nH]c2ccccc12.O=C(O)C(F)(F)F. The molecule has 5 atom stereocenters. The Bertz CT molecular complexity index is 2120. The van der Waals surface area contributed by atoms with E-state index in [0.29, 0.717) is 37.4 Å². The van der Waals surface area contributed by atoms with E-state index in [1.54, 1.807) is 6.92 Å². The van der Waals surface area contributed by atoms with E-state index in [4.69, 9.17) is 14.6 Å². The summed E-state index contributed by atoms with van der Waals surface area (Å²) in [5, 5.41) is 17.1. The summed E-state index contributed by atoms with van der Waals surface area (Å²) in [6, 6.07) is 14.2. The molecule has 64 heavy (non-hydrogen) atoms. The van der Waals surface area contributed by atoms with Gasteiger partial charge in [0.05, 0.1) is 13.2 Å². The van der Waals surface area contributed by atoms with Crippen LogP contribution in [-0.4, -0.2) is 113 Å². The first kappa shape index (κ1) is 50.7. The van der Waals surface area contributed by atoms with Crippen LogP contribution in [0.1, 0.15) is 76.8 Å². The van der Waals surface area contributed by atoms with Gasteiger partial charge in [-0.2, -0.15) is 13.2 Å². The second-order valence-corrected chi connectivity index (χ2v) is 16.9. The molecule has 5 rings (SSSR count). The number of aliphatic carboxylic acids is 1. The molecule has 1 saturated carbocycles. The fraction of sp³-hybridized carbons (Fsp3) is 0.489. The first-order chi connectivity index (χ1) is 30.3. The maximum absolute atomic E-state index is 14.2. The molecule has 14 nitrogen and oxygen atoms in total. The number of alkyl halides is 3. The number of para-hydroxylation sites is 1. The molecule has 348 valence electrons. The third-order valence-corrected chi connectivity index (χ3v) is 11.4. The Hall–Kier alpha value is -5.97. The number of H-pyrrole nitrogens is 1. The molecule has 2 aliphatic rings. The van der Waals surface area contributed by atoms with Crippen molar-refractivity contribution < 1.29 is 51.8 Å². The molecular weight excluding hydrogens is 834 g/mol. The number of hydrogen-bond donors (Lipinski definition) is 5. The van der Waals surface area contributed by atoms with Crippen LogP contribution in [0.4, 0.5) is 13.2 Å². The number of nitrogens with zero attached hydrogens (tertiary/aromatic N) is 2. The van der Waals surface area contributed by atoms with Crippen molar-refractivity contribution in [1.29, 1.82) is 0 Å². The number of fused-ring (bicyclic) bond motifs is 1. The summed E-state index contributed by atoms with van der Waals surface area (Å²) in [4.78, 5) is 83.6. The Morgan fingerprint density at radius 1 is 0.906 bits per heavy atom. The lowest BCUT2D eigenvalue weighted by Crippen LogP contribution is -2.57. The van der Waals surface area contributed by atoms with Crippen LogP contribution in [-0.2, 0) is 46.3 Å². The van der Waals surface area contributed by atoms with Crippen molar-refractivity contribution in [3.05, 3.63) is 95.9 Å². The molecule has 1 fully saturated rings. The third-order valence-electron chi connectivity index (χ3n) is 11.4. The van der Waals surface area contributed by atoms with E-state index in [0.717, 1.165) is 47.7 Å². The quantitative estimate of drug-likeness (QED) is 0.0979. The van der Waals surface area contributed by atoms with E-state index in [2.05, 4.69) is 20.9 Å². The number of halogens is 3. The zero-order chi connectivity index (χ0) is 47.1. The van der Waals surface area contributed by atoms with Gasteiger partial charge in [0.25, 0.3) is 11.8 Å². The van der Waals surface area contributed by atoms with Crippen molar-refractivity contribution in [2.24, 2.45) is 11.8 Å². The number of aromatic amines is 1. The number of carboxylic acid groups (broad SMARTS) is 1. The van der Waals surface area contributed by atoms with Crippen LogP contribution < -0.4 is 16.0 Å². The molecule has 5 N–H and O–H groups in total. The Morgan fingerprint density at radius 3 is 2.12 bits per heavy atom. The summed E-state index contributed by atoms with van der Waals surface area (Å²) < 4.78 is 37.3. The van der Waals surface area contributed by atoms with Crippen LogP contribution in [0.25, 0.3) is 10.9 Å². The van der Waals surface area contributed by atoms with Crippen molar-refractivity contribution in [3.63, 3.8) is 0 Å². The van der Waals surface area contributed by atoms with Gasteiger partial charge < -0.3 is 30.8 Å². The van der Waals surface area contributed by atoms with Gasteiger partial charge in [-0.25, -0.2) is 4.79 Å². The van der Waals surface area contributed by atoms with Crippen molar-refractivity contribution in [2.45, 2.75) is 115 Å². The van der Waals surface area contributed by atoms with E-state index in [1.165, 1.54) is 36.7 Å². The van der Waals surface area contributed by atoms with E-state index < -0.39 is 66.0 Å². The molecule has 17 heteroatoms. The van der Waals surface area contributed by atoms with Crippen LogP contribution in [0.5, 0.6) is 0 Å². The predicted octanol–water partition coefficient (Wildman–Crippen LogP) is 5.83. The summed E-state index contributed by atoms with van der Waals surface area (Å²) in [7, 11) is 5.19. The number of carbonyl (C=O) groups is 6. The van der Waals surface area contributed by atoms with Crippen molar-refractivity contribution in [3.8, 4) is 0 Å². The van der Waals surface area contributed by atoms with Gasteiger partial charge in [-0.15, -0.1) is 0 Å². The molecule has 0 radical (unpaired) electrons. The smallest absolute Gasteiger partial charge is 0.490 e. The molecule has 0 saturated heterocycles. The maximum Gasteiger partial charge on any atom is 0.490 e. The maximum atomic E-state index is 14.2. The average Bonchev–Trinajstić information content (AvgIpc) is 3.80. The number of benzene rings is 2. The van der Waals surface area contributed by atoms with Gasteiger partial charge >= 0.3 is 12.1 Å². The number of aryl methyl sites for hydroxylation is 1. The number of imide groups is 1. The van der Waals surface area contributed by atoms with Gasteiger partial charge in [0.2, 0.25) is 17.7 Å². The number of rotatable bonds is 18. The number of hydrogen-bond acceptors (Lipinski definition) is 8. The highest BCUT2D eigenvalue weighted by atomic mass is 19.4. The lowest BCUT2D eigenvalue weighted by molar-refractivity contribution is -0.192. The second-order valence-electron chi connectivity index (χ2n) is 16.9. The number of carbonyl (C=O) groups excluding carboxylic acids is 5. The fourth-order valence-corrected chi connectivity index (χ4v) is 8.28. The molecule has 0 bridgehead atoms. The van der Waals surface area contributed by atoms with Gasteiger partial charge in [0, 0.05) is 41.7 Å². The normalized spacial score (nSPS) is 17.6. The number of methoxy groups -OCH3 is 1. The van der Waals surface area contributed by atoms with E-state index in [-0.39, 0.29) is 11.8 Å². The van der Waals surface area contributed by atoms with Crippen LogP contribution in [0, 0.1) is 11.8 Å². The molecule has 5 amide bonds. The molecule has 1 aromatic heterocycles. The highest BCUT2D eigenvalue weighted by Crippen LogP contribution is 2.29. The topological polar surface area (TPSA) is 190 Å². The van der Waals surface area contributed by atoms with Gasteiger partial charge in [-0.1, -0.05) is 101 Å². The van der Waals surface area contributed by atoms with Crippen molar-refractivity contribution in [1.82, 2.24) is 30.7 Å². The van der Waals surface area contributed by atoms with Crippen LogP contribution in [0.2, 0.25) is 0 Å². The minimum Gasteiger partial charge on any atom is -0.499 e. The van der Waals surface area contributed by atoms with Crippen LogP contribution in [0.15, 0.2) is 84.8 Å². The minimum atomic E-state index is -5.08. The Kier molecular flexibility index (Phi) is 18.7. The standard InChI is InChI=1S/C45H60N6O6.C2HF3O2/c1-29(2)42(50(4)5)45(56)49-37(25-32-17-11-8-12-18-32)44(55)48-36(23-22-31-15-9-7-10-16-31)43(54)47-30(3)21-24-40(52)51-38(39(57-6)27-41(51)53)26-33-28-46-35-20-14-13-19-34(33)35;3-2(4,5)1(6)7/h7,9-10,13-16,19-21,24,27-30,32,36-38,42,46H,8,11-12,17-18,22-23,25-26H2,1-6H3,(H,47,54)(H,48,55)(H,49,56);(H,6,7)/b24-21+;/t30-,36-,37-,38-,42-;/m0./s1. The highest BCUT2D eigenvalue weighted by molar-refractivity contribution is 6.08. The lowest BCUT2D eigenvalue weighted by atomic mass is 9.84. The summed E-state index contributed by atoms with van der Waals surface area (Å²) in [5.41, 5.74) is 2.91. The highest BCUT2D eigenvalue weighted by Gasteiger charge is 2.39. The number of nitrogens with one attached hydrogen (secondary N) is 4. The number of ether oxygens (including phenoxy) is 1. The van der Waals surface area contributed by atoms with Gasteiger partial charge in [0.15, 0.2) is 0 Å². The van der Waals surface area contributed by atoms with Gasteiger partial charge in [-0.05, 0) is 69.3 Å². The molecule has 1 aliphatic heterocycles. The Balaban J connectivity index is 0.00000118. The predicted molar refractivity (Wildman–Crippen MR) is 235 cm³/mol. The van der Waals surface area contributed by atoms with Crippen LogP contribution in [0.3, 0.4) is 0 Å². The molecule has 2 aromatic carbocycles. The number of likely N-dealkylation sites (N-methyl/N-ethyl adjacent to an activating group) is 1. The monoisotopic (exact) mass is 894 g/mol. The van der Waals surface area contributed by atoms with Crippen LogP contribution >= 0.6 is 0 Å². The Labute approximate surface area is 372 Å². The minimum absolute atomic E-state index is 0.0245. The summed E-state index contributed by atoms with van der Waals surface area (Å²) >= 11 is 0. The average molecular weight is 895 g/mol. The second kappa shape index (κ2) is 23.6. The zero-order valence-electron chi connectivity index (χ0n) is 37.2. The molecule has 0 spiro atoms. The molecule has 3 aromatic rings. The fourth-order valence-electron chi connectivity index (χ4n) is 8.28. The number of amides is 5. The molecule has 2 heterocycles. The summed E-state index contributed by atoms with van der Waals surface area (Å²) in [6.45, 7) is 5.69. The number of carboxylic acids is 1. The number of aromatic nitrogens is 1. The van der Waals surface area contributed by atoms with E-state index >= 15 is 0 Å². The molecule has 0 unspecified atom stereocenters. The van der Waals surface area contributed by atoms with E-state index in [9.17, 15) is 37.1 Å². The third kappa shape index (κ3) is 14.5. The largest absolute Gasteiger partial charge is 0.499 e. The zero-order valence-corrected chi connectivity index (χ0v) is 37.2. The Morgan fingerprint density at radius 2 is 1.52 bits per heavy atom.